The number of nitrogens with one attached hydrogen (secondary N) is 1. The fourth-order valence-corrected chi connectivity index (χ4v) is 2.63. The van der Waals surface area contributed by atoms with Gasteiger partial charge in [0, 0.05) is 18.7 Å². The Bertz CT molecular complexity index is 443. The van der Waals surface area contributed by atoms with E-state index in [0.29, 0.717) is 11.6 Å². The number of benzene rings is 1. The first-order chi connectivity index (χ1) is 9.49. The van der Waals surface area contributed by atoms with Crippen LogP contribution in [0.3, 0.4) is 0 Å². The molecule has 4 nitrogen and oxygen atoms in total. The number of nitro groups is 1. The van der Waals surface area contributed by atoms with Crippen molar-refractivity contribution >= 4 is 34.6 Å². The first kappa shape index (κ1) is 17.1. The number of halogens is 2. The number of nitrogens with zero attached hydrogens (tertiary/aromatic N) is 1. The summed E-state index contributed by atoms with van der Waals surface area (Å²) in [6, 6.07) is 2.64. The fourth-order valence-electron chi connectivity index (χ4n) is 2.02. The molecule has 1 atom stereocenters. The van der Waals surface area contributed by atoms with Gasteiger partial charge in [-0.1, -0.05) is 56.3 Å². The van der Waals surface area contributed by atoms with Crippen LogP contribution in [0.5, 0.6) is 0 Å². The molecule has 112 valence electrons. The second-order valence-electron chi connectivity index (χ2n) is 4.84. The van der Waals surface area contributed by atoms with Crippen LogP contribution < -0.4 is 5.32 Å². The molecule has 1 aromatic rings. The molecule has 0 aliphatic carbocycles. The van der Waals surface area contributed by atoms with E-state index < -0.39 is 4.92 Å². The summed E-state index contributed by atoms with van der Waals surface area (Å²) in [5, 5.41) is 14.5. The van der Waals surface area contributed by atoms with Crippen LogP contribution in [0.2, 0.25) is 10.0 Å². The summed E-state index contributed by atoms with van der Waals surface area (Å²) < 4.78 is 0. The highest BCUT2D eigenvalue weighted by atomic mass is 35.5. The van der Waals surface area contributed by atoms with Crippen LogP contribution >= 0.6 is 23.2 Å². The second kappa shape index (κ2) is 8.32. The summed E-state index contributed by atoms with van der Waals surface area (Å²) in [4.78, 5) is 10.2. The zero-order chi connectivity index (χ0) is 15.1. The number of nitro benzene ring substituents is 1. The standard InChI is InChI=1S/C14H20Cl2N2O2/c1-3-5-6-10(4-2)9-17-14-12(15)7-11(18(19)20)8-13(14)16/h7-8,10,17H,3-6,9H2,1-2H3. The van der Waals surface area contributed by atoms with E-state index in [1.54, 1.807) is 0 Å². The topological polar surface area (TPSA) is 55.2 Å². The van der Waals surface area contributed by atoms with Crippen LogP contribution in [0.25, 0.3) is 0 Å². The molecule has 0 aliphatic heterocycles. The first-order valence-corrected chi connectivity index (χ1v) is 7.62. The Morgan fingerprint density at radius 1 is 1.30 bits per heavy atom. The van der Waals surface area contributed by atoms with E-state index in [-0.39, 0.29) is 15.7 Å². The minimum absolute atomic E-state index is 0.0939. The van der Waals surface area contributed by atoms with Crippen molar-refractivity contribution in [1.29, 1.82) is 0 Å². The highest BCUT2D eigenvalue weighted by molar-refractivity contribution is 6.39. The van der Waals surface area contributed by atoms with E-state index in [4.69, 9.17) is 23.2 Å². The monoisotopic (exact) mass is 318 g/mol. The summed E-state index contributed by atoms with van der Waals surface area (Å²) in [6.45, 7) is 5.10. The van der Waals surface area contributed by atoms with Gasteiger partial charge in [0.2, 0.25) is 0 Å². The number of rotatable bonds is 8. The normalized spacial score (nSPS) is 12.2. The largest absolute Gasteiger partial charge is 0.382 e. The minimum atomic E-state index is -0.502. The van der Waals surface area contributed by atoms with Crippen molar-refractivity contribution in [2.75, 3.05) is 11.9 Å². The van der Waals surface area contributed by atoms with E-state index >= 15 is 0 Å². The molecule has 0 bridgehead atoms. The highest BCUT2D eigenvalue weighted by Gasteiger charge is 2.15. The fraction of sp³-hybridized carbons (Fsp3) is 0.571. The zero-order valence-electron chi connectivity index (χ0n) is 11.8. The smallest absolute Gasteiger partial charge is 0.272 e. The molecule has 0 radical (unpaired) electrons. The SMILES string of the molecule is CCCCC(CC)CNc1c(Cl)cc([N+](=O)[O-])cc1Cl. The van der Waals surface area contributed by atoms with Crippen LogP contribution in [-0.2, 0) is 0 Å². The summed E-state index contributed by atoms with van der Waals surface area (Å²) in [7, 11) is 0. The lowest BCUT2D eigenvalue weighted by atomic mass is 9.99. The molecule has 0 fully saturated rings. The van der Waals surface area contributed by atoms with E-state index in [9.17, 15) is 10.1 Å². The molecular formula is C14H20Cl2N2O2. The molecule has 1 rings (SSSR count). The van der Waals surface area contributed by atoms with Crippen LogP contribution in [0.4, 0.5) is 11.4 Å². The van der Waals surface area contributed by atoms with Gasteiger partial charge in [-0.05, 0) is 12.3 Å². The predicted molar refractivity (Wildman–Crippen MR) is 84.9 cm³/mol. The molecule has 0 saturated heterocycles. The van der Waals surface area contributed by atoms with Gasteiger partial charge in [0.05, 0.1) is 20.7 Å². The van der Waals surface area contributed by atoms with E-state index in [0.717, 1.165) is 19.4 Å². The molecule has 0 amide bonds. The Hall–Kier alpha value is -1.00. The summed E-state index contributed by atoms with van der Waals surface area (Å²) >= 11 is 12.1. The van der Waals surface area contributed by atoms with Gasteiger partial charge in [-0.2, -0.15) is 0 Å². The van der Waals surface area contributed by atoms with Crippen molar-refractivity contribution in [3.63, 3.8) is 0 Å². The molecule has 20 heavy (non-hydrogen) atoms. The van der Waals surface area contributed by atoms with Crippen LogP contribution in [-0.4, -0.2) is 11.5 Å². The molecule has 0 heterocycles. The number of hydrogen-bond donors (Lipinski definition) is 1. The van der Waals surface area contributed by atoms with Crippen molar-refractivity contribution in [2.45, 2.75) is 39.5 Å². The van der Waals surface area contributed by atoms with Gasteiger partial charge in [-0.15, -0.1) is 0 Å². The van der Waals surface area contributed by atoms with Gasteiger partial charge in [0.15, 0.2) is 0 Å². The van der Waals surface area contributed by atoms with Gasteiger partial charge in [0.25, 0.3) is 5.69 Å². The summed E-state index contributed by atoms with van der Waals surface area (Å²) in [6.07, 6.45) is 4.61. The molecule has 0 aliphatic rings. The molecule has 0 spiro atoms. The lowest BCUT2D eigenvalue weighted by Gasteiger charge is -2.17. The molecule has 0 aromatic heterocycles. The molecular weight excluding hydrogens is 299 g/mol. The third-order valence-electron chi connectivity index (χ3n) is 3.35. The quantitative estimate of drug-likeness (QED) is 0.506. The number of anilines is 1. The Morgan fingerprint density at radius 3 is 2.35 bits per heavy atom. The summed E-state index contributed by atoms with van der Waals surface area (Å²) in [5.41, 5.74) is 0.484. The zero-order valence-corrected chi connectivity index (χ0v) is 13.3. The molecule has 1 N–H and O–H groups in total. The maximum Gasteiger partial charge on any atom is 0.272 e. The van der Waals surface area contributed by atoms with Crippen molar-refractivity contribution in [1.82, 2.24) is 0 Å². The summed E-state index contributed by atoms with van der Waals surface area (Å²) in [5.74, 6) is 0.553. The van der Waals surface area contributed by atoms with E-state index in [1.165, 1.54) is 25.0 Å². The molecule has 1 aromatic carbocycles. The average Bonchev–Trinajstić information content (AvgIpc) is 2.40. The Balaban J connectivity index is 2.75. The first-order valence-electron chi connectivity index (χ1n) is 6.86. The van der Waals surface area contributed by atoms with Gasteiger partial charge in [-0.3, -0.25) is 10.1 Å². The lowest BCUT2D eigenvalue weighted by Crippen LogP contribution is -2.14. The molecule has 0 saturated carbocycles. The molecule has 6 heteroatoms. The third kappa shape index (κ3) is 4.84. The van der Waals surface area contributed by atoms with Crippen molar-refractivity contribution in [2.24, 2.45) is 5.92 Å². The van der Waals surface area contributed by atoms with E-state index in [1.807, 2.05) is 0 Å². The van der Waals surface area contributed by atoms with Crippen molar-refractivity contribution < 1.29 is 4.92 Å². The third-order valence-corrected chi connectivity index (χ3v) is 3.94. The maximum atomic E-state index is 10.7. The average molecular weight is 319 g/mol. The van der Waals surface area contributed by atoms with Gasteiger partial charge < -0.3 is 5.32 Å². The highest BCUT2D eigenvalue weighted by Crippen LogP contribution is 2.35. The predicted octanol–water partition coefficient (Wildman–Crippen LogP) is 5.53. The number of non-ortho nitro benzene ring substituents is 1. The van der Waals surface area contributed by atoms with E-state index in [2.05, 4.69) is 19.2 Å². The Kier molecular flexibility index (Phi) is 7.10. The van der Waals surface area contributed by atoms with Gasteiger partial charge >= 0.3 is 0 Å². The van der Waals surface area contributed by atoms with Crippen LogP contribution in [0, 0.1) is 16.0 Å². The van der Waals surface area contributed by atoms with Gasteiger partial charge in [-0.25, -0.2) is 0 Å². The van der Waals surface area contributed by atoms with Crippen LogP contribution in [0.15, 0.2) is 12.1 Å². The molecule has 1 unspecified atom stereocenters. The maximum absolute atomic E-state index is 10.7. The lowest BCUT2D eigenvalue weighted by molar-refractivity contribution is -0.384. The Labute approximate surface area is 129 Å². The number of hydrogen-bond acceptors (Lipinski definition) is 3. The van der Waals surface area contributed by atoms with Crippen molar-refractivity contribution in [3.05, 3.63) is 32.3 Å². The van der Waals surface area contributed by atoms with Crippen molar-refractivity contribution in [3.8, 4) is 0 Å². The number of unbranched alkanes of at least 4 members (excludes halogenated alkanes) is 1. The second-order valence-corrected chi connectivity index (χ2v) is 5.65. The van der Waals surface area contributed by atoms with Gasteiger partial charge in [0.1, 0.15) is 0 Å². The van der Waals surface area contributed by atoms with Crippen LogP contribution in [0.1, 0.15) is 39.5 Å². The minimum Gasteiger partial charge on any atom is -0.382 e. The Morgan fingerprint density at radius 2 is 1.90 bits per heavy atom.